The highest BCUT2D eigenvalue weighted by Gasteiger charge is 2.18. The van der Waals surface area contributed by atoms with Crippen LogP contribution in [0.4, 0.5) is 0 Å². The van der Waals surface area contributed by atoms with Crippen molar-refractivity contribution in [2.45, 2.75) is 0 Å². The minimum Gasteiger partial charge on any atom is -0.456 e. The molecule has 0 aliphatic rings. The number of fused-ring (bicyclic) bond motifs is 14. The third-order valence-electron chi connectivity index (χ3n) is 9.88. The highest BCUT2D eigenvalue weighted by molar-refractivity contribution is 6.24. The van der Waals surface area contributed by atoms with Crippen LogP contribution in [0.2, 0.25) is 0 Å². The first-order valence-corrected chi connectivity index (χ1v) is 16.1. The molecule has 0 atom stereocenters. The number of nitrogens with zero attached hydrogens (tertiary/aromatic N) is 2. The van der Waals surface area contributed by atoms with Crippen molar-refractivity contribution in [3.05, 3.63) is 146 Å². The van der Waals surface area contributed by atoms with Crippen molar-refractivity contribution in [2.24, 2.45) is 0 Å². The maximum absolute atomic E-state index is 6.75. The van der Waals surface area contributed by atoms with E-state index >= 15 is 0 Å². The lowest BCUT2D eigenvalue weighted by Gasteiger charge is -2.11. The van der Waals surface area contributed by atoms with E-state index in [0.29, 0.717) is 0 Å². The van der Waals surface area contributed by atoms with Crippen LogP contribution in [0.15, 0.2) is 155 Å². The van der Waals surface area contributed by atoms with Gasteiger partial charge in [0, 0.05) is 38.1 Å². The molecule has 4 heteroatoms. The molecule has 4 nitrogen and oxygen atoms in total. The van der Waals surface area contributed by atoms with Gasteiger partial charge in [0.25, 0.3) is 0 Å². The zero-order valence-corrected chi connectivity index (χ0v) is 25.6. The number of hydrogen-bond donors (Lipinski definition) is 0. The van der Waals surface area contributed by atoms with Gasteiger partial charge < -0.3 is 8.83 Å². The van der Waals surface area contributed by atoms with Gasteiger partial charge in [-0.1, -0.05) is 109 Å². The third-order valence-corrected chi connectivity index (χ3v) is 9.88. The van der Waals surface area contributed by atoms with Crippen molar-refractivity contribution >= 4 is 87.2 Å². The number of aromatic nitrogens is 2. The number of furan rings is 2. The van der Waals surface area contributed by atoms with Gasteiger partial charge in [-0.3, -0.25) is 4.98 Å². The summed E-state index contributed by atoms with van der Waals surface area (Å²) >= 11 is 0. The molecule has 0 saturated carbocycles. The van der Waals surface area contributed by atoms with Crippen molar-refractivity contribution in [1.82, 2.24) is 9.97 Å². The van der Waals surface area contributed by atoms with Crippen molar-refractivity contribution in [3.63, 3.8) is 0 Å². The molecule has 0 aliphatic carbocycles. The molecule has 0 spiro atoms. The van der Waals surface area contributed by atoms with Crippen LogP contribution in [0.1, 0.15) is 0 Å². The zero-order valence-electron chi connectivity index (χ0n) is 25.6. The molecule has 0 unspecified atom stereocenters. The average molecular weight is 613 g/mol. The number of rotatable bonds is 2. The Kier molecular flexibility index (Phi) is 5.08. The minimum absolute atomic E-state index is 0.834. The fourth-order valence-corrected chi connectivity index (χ4v) is 7.63. The zero-order chi connectivity index (χ0) is 31.3. The smallest absolute Gasteiger partial charge is 0.147 e. The van der Waals surface area contributed by atoms with E-state index in [4.69, 9.17) is 18.8 Å². The van der Waals surface area contributed by atoms with Gasteiger partial charge in [-0.2, -0.15) is 0 Å². The summed E-state index contributed by atoms with van der Waals surface area (Å²) in [6.07, 6.45) is 1.91. The Hall–Kier alpha value is -6.52. The molecule has 48 heavy (non-hydrogen) atoms. The first-order chi connectivity index (χ1) is 23.8. The Bertz CT molecular complexity index is 3100. The van der Waals surface area contributed by atoms with E-state index in [1.54, 1.807) is 0 Å². The van der Waals surface area contributed by atoms with Crippen LogP contribution >= 0.6 is 0 Å². The van der Waals surface area contributed by atoms with Gasteiger partial charge in [-0.05, 0) is 57.4 Å². The molecule has 0 fully saturated rings. The second-order valence-electron chi connectivity index (χ2n) is 12.5. The molecular formula is C44H24N2O2. The predicted molar refractivity (Wildman–Crippen MR) is 197 cm³/mol. The number of benzene rings is 8. The van der Waals surface area contributed by atoms with Gasteiger partial charge in [0.05, 0.1) is 28.3 Å². The van der Waals surface area contributed by atoms with Crippen LogP contribution in [-0.2, 0) is 0 Å². The second-order valence-corrected chi connectivity index (χ2v) is 12.5. The minimum atomic E-state index is 0.834. The maximum atomic E-state index is 6.75. The van der Waals surface area contributed by atoms with Crippen LogP contribution in [0.25, 0.3) is 110 Å². The summed E-state index contributed by atoms with van der Waals surface area (Å²) < 4.78 is 12.9. The maximum Gasteiger partial charge on any atom is 0.147 e. The van der Waals surface area contributed by atoms with E-state index in [0.717, 1.165) is 98.8 Å². The third kappa shape index (κ3) is 3.54. The summed E-state index contributed by atoms with van der Waals surface area (Å²) in [5.74, 6) is 0. The summed E-state index contributed by atoms with van der Waals surface area (Å²) in [6, 6.07) is 48.8. The topological polar surface area (TPSA) is 52.1 Å². The normalized spacial score (nSPS) is 12.2. The van der Waals surface area contributed by atoms with Crippen LogP contribution < -0.4 is 0 Å². The van der Waals surface area contributed by atoms with Gasteiger partial charge in [-0.25, -0.2) is 4.98 Å². The molecule has 0 aliphatic heterocycles. The highest BCUT2D eigenvalue weighted by atomic mass is 16.3. The van der Waals surface area contributed by atoms with E-state index in [1.807, 2.05) is 24.4 Å². The Morgan fingerprint density at radius 2 is 1.08 bits per heavy atom. The quantitative estimate of drug-likeness (QED) is 0.182. The molecule has 11 rings (SSSR count). The van der Waals surface area contributed by atoms with Crippen molar-refractivity contribution < 1.29 is 8.83 Å². The lowest BCUT2D eigenvalue weighted by atomic mass is 9.97. The molecule has 222 valence electrons. The van der Waals surface area contributed by atoms with Crippen LogP contribution in [0.3, 0.4) is 0 Å². The van der Waals surface area contributed by atoms with E-state index in [9.17, 15) is 0 Å². The molecule has 8 aromatic carbocycles. The largest absolute Gasteiger partial charge is 0.456 e. The van der Waals surface area contributed by atoms with Crippen molar-refractivity contribution in [3.8, 4) is 22.4 Å². The molecule has 0 saturated heterocycles. The Morgan fingerprint density at radius 1 is 0.417 bits per heavy atom. The summed E-state index contributed by atoms with van der Waals surface area (Å²) in [5, 5.41) is 11.2. The van der Waals surface area contributed by atoms with Gasteiger partial charge in [0.15, 0.2) is 0 Å². The van der Waals surface area contributed by atoms with Crippen LogP contribution in [0, 0.1) is 0 Å². The Morgan fingerprint density at radius 3 is 1.92 bits per heavy atom. The molecule has 3 heterocycles. The van der Waals surface area contributed by atoms with Gasteiger partial charge >= 0.3 is 0 Å². The number of para-hydroxylation sites is 2. The van der Waals surface area contributed by atoms with E-state index in [2.05, 4.69) is 121 Å². The van der Waals surface area contributed by atoms with Gasteiger partial charge in [0.2, 0.25) is 0 Å². The molecule has 0 N–H and O–H groups in total. The van der Waals surface area contributed by atoms with Crippen LogP contribution in [-0.4, -0.2) is 9.97 Å². The summed E-state index contributed by atoms with van der Waals surface area (Å²) in [4.78, 5) is 10.2. The van der Waals surface area contributed by atoms with Crippen LogP contribution in [0.5, 0.6) is 0 Å². The Labute approximate surface area is 273 Å². The fraction of sp³-hybridized carbons (Fsp3) is 0. The summed E-state index contributed by atoms with van der Waals surface area (Å²) in [7, 11) is 0. The molecule has 11 aromatic rings. The number of hydrogen-bond acceptors (Lipinski definition) is 4. The van der Waals surface area contributed by atoms with Crippen molar-refractivity contribution in [2.75, 3.05) is 0 Å². The SMILES string of the molecule is c1ccc2c(c1)oc1ccc3c4cccc(-c5ccc6ccc(-c7cnc8c9ccccc9c9ccccc9c8n7)cc6c5)c4oc3c12. The Balaban J connectivity index is 1.08. The summed E-state index contributed by atoms with van der Waals surface area (Å²) in [5.41, 5.74) is 9.32. The fourth-order valence-electron chi connectivity index (χ4n) is 7.63. The first kappa shape index (κ1) is 25.6. The van der Waals surface area contributed by atoms with E-state index < -0.39 is 0 Å². The lowest BCUT2D eigenvalue weighted by Crippen LogP contribution is -1.92. The monoisotopic (exact) mass is 612 g/mol. The van der Waals surface area contributed by atoms with E-state index in [-0.39, 0.29) is 0 Å². The predicted octanol–water partition coefficient (Wildman–Crippen LogP) is 12.2. The van der Waals surface area contributed by atoms with E-state index in [1.165, 1.54) is 10.8 Å². The average Bonchev–Trinajstić information content (AvgIpc) is 3.73. The van der Waals surface area contributed by atoms with Gasteiger partial charge in [-0.15, -0.1) is 0 Å². The first-order valence-electron chi connectivity index (χ1n) is 16.1. The molecule has 3 aromatic heterocycles. The standard InChI is InChI=1S/C44H24N2O2/c1-3-10-32-30(8-1)31-9-2-4-11-33(31)42-41(32)45-24-37(46-42)27-19-17-25-16-18-26(22-28(25)23-27)29-13-7-14-34-35-20-21-39-40(44(35)48-43(29)34)36-12-5-6-15-38(36)47-39/h1-24H. The second kappa shape index (κ2) is 9.50. The summed E-state index contributed by atoms with van der Waals surface area (Å²) in [6.45, 7) is 0. The highest BCUT2D eigenvalue weighted by Crippen LogP contribution is 2.42. The lowest BCUT2D eigenvalue weighted by molar-refractivity contribution is 0.663. The molecule has 0 amide bonds. The van der Waals surface area contributed by atoms with Crippen molar-refractivity contribution in [1.29, 1.82) is 0 Å². The molecular weight excluding hydrogens is 588 g/mol. The molecule has 0 radical (unpaired) electrons. The van der Waals surface area contributed by atoms with Gasteiger partial charge in [0.1, 0.15) is 22.3 Å². The molecule has 0 bridgehead atoms.